The van der Waals surface area contributed by atoms with Crippen LogP contribution < -0.4 is 5.73 Å². The third-order valence-electron chi connectivity index (χ3n) is 8.23. The number of nitrogens with zero attached hydrogens (tertiary/aromatic N) is 5. The summed E-state index contributed by atoms with van der Waals surface area (Å²) in [5.74, 6) is 2.66. The highest BCUT2D eigenvalue weighted by atomic mass is 35.5. The molecule has 2 aliphatic rings. The molecule has 8 nitrogen and oxygen atoms in total. The highest BCUT2D eigenvalue weighted by Gasteiger charge is 2.38. The molecule has 0 aliphatic heterocycles. The van der Waals surface area contributed by atoms with Crippen molar-refractivity contribution in [3.63, 3.8) is 0 Å². The van der Waals surface area contributed by atoms with Crippen molar-refractivity contribution >= 4 is 51.1 Å². The second kappa shape index (κ2) is 9.49. The fraction of sp³-hybridized carbons (Fsp3) is 0.500. The number of nitrogens with one attached hydrogen (secondary N) is 1. The van der Waals surface area contributed by atoms with E-state index in [0.29, 0.717) is 27.8 Å². The standard InChI is InChI=1S/C26H31Cl2N7O/c1-34(12-15-8-22(23(36)9-15)35-5-4-17-25(29)30-13-31-26(17)35)16-6-14(7-16)2-3-24-32-20-10-18(27)19(28)11-21(20)33-24/h4-5,10-11,13-16,22-23,36H,2-3,6-9,12H2,1H3,(H,32,33)(H2,29,30,31)/t14?,15-,16?,22+,23+/m0/s1. The first-order valence-electron chi connectivity index (χ1n) is 12.6. The number of benzene rings is 1. The maximum absolute atomic E-state index is 10.8. The molecule has 0 amide bonds. The lowest BCUT2D eigenvalue weighted by molar-refractivity contribution is 0.0803. The number of hydrogen-bond donors (Lipinski definition) is 3. The second-order valence-electron chi connectivity index (χ2n) is 10.6. The highest BCUT2D eigenvalue weighted by Crippen LogP contribution is 2.40. The minimum absolute atomic E-state index is 0.0258. The molecule has 0 bridgehead atoms. The Morgan fingerprint density at radius 2 is 1.94 bits per heavy atom. The van der Waals surface area contributed by atoms with E-state index in [1.807, 2.05) is 24.4 Å². The molecule has 2 aliphatic carbocycles. The van der Waals surface area contributed by atoms with Gasteiger partial charge in [-0.25, -0.2) is 15.0 Å². The largest absolute Gasteiger partial charge is 0.391 e. The summed E-state index contributed by atoms with van der Waals surface area (Å²) in [5, 5.41) is 12.8. The van der Waals surface area contributed by atoms with E-state index in [0.717, 1.165) is 66.0 Å². The zero-order valence-electron chi connectivity index (χ0n) is 20.2. The zero-order valence-corrected chi connectivity index (χ0v) is 21.8. The van der Waals surface area contributed by atoms with Gasteiger partial charge in [-0.1, -0.05) is 23.2 Å². The first-order chi connectivity index (χ1) is 17.4. The molecule has 0 spiro atoms. The van der Waals surface area contributed by atoms with Gasteiger partial charge in [0.15, 0.2) is 0 Å². The van der Waals surface area contributed by atoms with Crippen LogP contribution in [0.3, 0.4) is 0 Å². The Morgan fingerprint density at radius 1 is 1.14 bits per heavy atom. The van der Waals surface area contributed by atoms with Gasteiger partial charge in [-0.3, -0.25) is 0 Å². The summed E-state index contributed by atoms with van der Waals surface area (Å²) in [5.41, 5.74) is 8.60. The maximum Gasteiger partial charge on any atom is 0.145 e. The average molecular weight is 528 g/mol. The van der Waals surface area contributed by atoms with Crippen LogP contribution in [0, 0.1) is 11.8 Å². The first-order valence-corrected chi connectivity index (χ1v) is 13.4. The van der Waals surface area contributed by atoms with Gasteiger partial charge >= 0.3 is 0 Å². The fourth-order valence-corrected chi connectivity index (χ4v) is 6.49. The lowest BCUT2D eigenvalue weighted by Crippen LogP contribution is -2.44. The molecule has 10 heteroatoms. The molecule has 4 N–H and O–H groups in total. The van der Waals surface area contributed by atoms with Crippen molar-refractivity contribution in [1.82, 2.24) is 29.4 Å². The molecule has 3 atom stereocenters. The van der Waals surface area contributed by atoms with Gasteiger partial charge in [-0.2, -0.15) is 0 Å². The van der Waals surface area contributed by atoms with Gasteiger partial charge in [0.05, 0.1) is 38.6 Å². The Bertz CT molecular complexity index is 1360. The molecule has 0 unspecified atom stereocenters. The number of nitrogen functional groups attached to an aromatic ring is 1. The smallest absolute Gasteiger partial charge is 0.145 e. The average Bonchev–Trinajstić information content (AvgIpc) is 3.50. The summed E-state index contributed by atoms with van der Waals surface area (Å²) in [7, 11) is 2.23. The van der Waals surface area contributed by atoms with Crippen LogP contribution in [0.2, 0.25) is 10.0 Å². The van der Waals surface area contributed by atoms with Crippen molar-refractivity contribution in [3.05, 3.63) is 46.6 Å². The van der Waals surface area contributed by atoms with E-state index < -0.39 is 0 Å². The minimum atomic E-state index is -0.377. The Kier molecular flexibility index (Phi) is 6.32. The number of fused-ring (bicyclic) bond motifs is 2. The number of aliphatic hydroxyl groups excluding tert-OH is 1. The normalized spacial score (nSPS) is 26.3. The van der Waals surface area contributed by atoms with Gasteiger partial charge in [-0.05, 0) is 69.2 Å². The number of imidazole rings is 1. The lowest BCUT2D eigenvalue weighted by Gasteiger charge is -2.42. The van der Waals surface area contributed by atoms with Gasteiger partial charge in [0.1, 0.15) is 23.6 Å². The molecule has 190 valence electrons. The summed E-state index contributed by atoms with van der Waals surface area (Å²) in [4.78, 5) is 19.0. The SMILES string of the molecule is CN(C[C@@H]1C[C@@H](O)[C@H](n2ccc3c(N)ncnc32)C1)C1CC(CCc2nc3cc(Cl)c(Cl)cc3[nH]2)C1. The van der Waals surface area contributed by atoms with Gasteiger partial charge in [0.25, 0.3) is 0 Å². The number of aryl methyl sites for hydroxylation is 1. The number of nitrogens with two attached hydrogens (primary N) is 1. The monoisotopic (exact) mass is 527 g/mol. The van der Waals surface area contributed by atoms with Crippen molar-refractivity contribution in [2.24, 2.45) is 11.8 Å². The summed E-state index contributed by atoms with van der Waals surface area (Å²) in [6.45, 7) is 1.01. The van der Waals surface area contributed by atoms with Crippen LogP contribution in [0.5, 0.6) is 0 Å². The van der Waals surface area contributed by atoms with E-state index in [9.17, 15) is 5.11 Å². The summed E-state index contributed by atoms with van der Waals surface area (Å²) in [6, 6.07) is 6.25. The third-order valence-corrected chi connectivity index (χ3v) is 8.96. The van der Waals surface area contributed by atoms with Crippen LogP contribution in [0.4, 0.5) is 5.82 Å². The Morgan fingerprint density at radius 3 is 2.78 bits per heavy atom. The van der Waals surface area contributed by atoms with E-state index in [1.165, 1.54) is 19.2 Å². The van der Waals surface area contributed by atoms with Gasteiger partial charge in [0, 0.05) is 25.2 Å². The fourth-order valence-electron chi connectivity index (χ4n) is 6.17. The Hall–Kier alpha value is -2.39. The van der Waals surface area contributed by atoms with Crippen LogP contribution in [-0.2, 0) is 6.42 Å². The van der Waals surface area contributed by atoms with Gasteiger partial charge in [-0.15, -0.1) is 0 Å². The van der Waals surface area contributed by atoms with E-state index in [1.54, 1.807) is 0 Å². The number of hydrogen-bond acceptors (Lipinski definition) is 6. The van der Waals surface area contributed by atoms with Gasteiger partial charge < -0.3 is 25.3 Å². The second-order valence-corrected chi connectivity index (χ2v) is 11.4. The molecule has 3 heterocycles. The number of halogens is 2. The van der Waals surface area contributed by atoms with Gasteiger partial charge in [0.2, 0.25) is 0 Å². The molecule has 36 heavy (non-hydrogen) atoms. The van der Waals surface area contributed by atoms with E-state index in [4.69, 9.17) is 28.9 Å². The molecule has 2 fully saturated rings. The summed E-state index contributed by atoms with van der Waals surface area (Å²) < 4.78 is 2.08. The number of aromatic nitrogens is 5. The maximum atomic E-state index is 10.8. The van der Waals surface area contributed by atoms with E-state index in [-0.39, 0.29) is 12.1 Å². The Labute approximate surface area is 219 Å². The van der Waals surface area contributed by atoms with Crippen LogP contribution in [0.1, 0.15) is 44.0 Å². The highest BCUT2D eigenvalue weighted by molar-refractivity contribution is 6.42. The summed E-state index contributed by atoms with van der Waals surface area (Å²) >= 11 is 12.2. The molecule has 3 aromatic heterocycles. The number of rotatable bonds is 7. The minimum Gasteiger partial charge on any atom is -0.391 e. The van der Waals surface area contributed by atoms with Crippen LogP contribution in [0.15, 0.2) is 30.7 Å². The van der Waals surface area contributed by atoms with Crippen molar-refractivity contribution in [2.45, 2.75) is 56.7 Å². The first kappa shape index (κ1) is 24.0. The predicted octanol–water partition coefficient (Wildman–Crippen LogP) is 4.85. The molecular formula is C26H31Cl2N7O. The van der Waals surface area contributed by atoms with Crippen molar-refractivity contribution in [2.75, 3.05) is 19.3 Å². The van der Waals surface area contributed by atoms with Crippen molar-refractivity contribution < 1.29 is 5.11 Å². The predicted molar refractivity (Wildman–Crippen MR) is 143 cm³/mol. The number of aliphatic hydroxyl groups is 1. The summed E-state index contributed by atoms with van der Waals surface area (Å²) in [6.07, 6.45) is 9.34. The lowest BCUT2D eigenvalue weighted by atomic mass is 9.76. The van der Waals surface area contributed by atoms with Crippen LogP contribution >= 0.6 is 23.2 Å². The molecule has 4 aromatic rings. The van der Waals surface area contributed by atoms with E-state index in [2.05, 4.69) is 36.5 Å². The quantitative estimate of drug-likeness (QED) is 0.317. The number of H-pyrrole nitrogens is 1. The molecule has 0 radical (unpaired) electrons. The zero-order chi connectivity index (χ0) is 25.0. The van der Waals surface area contributed by atoms with Crippen molar-refractivity contribution in [3.8, 4) is 0 Å². The van der Waals surface area contributed by atoms with Crippen LogP contribution in [-0.4, -0.2) is 60.2 Å². The molecule has 2 saturated carbocycles. The Balaban J connectivity index is 0.996. The third kappa shape index (κ3) is 4.45. The molecular weight excluding hydrogens is 497 g/mol. The molecule has 6 rings (SSSR count). The number of anilines is 1. The van der Waals surface area contributed by atoms with E-state index >= 15 is 0 Å². The van der Waals surface area contributed by atoms with Crippen molar-refractivity contribution in [1.29, 1.82) is 0 Å². The number of aromatic amines is 1. The van der Waals surface area contributed by atoms with Crippen LogP contribution in [0.25, 0.3) is 22.1 Å². The molecule has 0 saturated heterocycles. The topological polar surface area (TPSA) is 109 Å². The molecule has 1 aromatic carbocycles.